The summed E-state index contributed by atoms with van der Waals surface area (Å²) in [6, 6.07) is 8.31. The Hall–Kier alpha value is -4.59. The SMILES string of the molecule is CC(C)[C@@H]1NC(=O)CN(C(=O)CCN2CCCC2=O)CCNC(=O)c2coc(n2)[C@H](Cc2ccccc2)NC(=O)c2csc1n2. The monoisotopic (exact) mass is 635 g/mol. The number of likely N-dealkylation sites (tertiary alicyclic amines) is 1. The minimum absolute atomic E-state index is 0.0114. The molecule has 2 aliphatic rings. The number of nitrogens with zero attached hydrogens (tertiary/aromatic N) is 4. The van der Waals surface area contributed by atoms with Gasteiger partial charge >= 0.3 is 0 Å². The molecule has 3 aromatic rings. The van der Waals surface area contributed by atoms with E-state index in [2.05, 4.69) is 25.9 Å². The van der Waals surface area contributed by atoms with E-state index in [9.17, 15) is 24.0 Å². The molecule has 13 nitrogen and oxygen atoms in total. The molecule has 2 aromatic heterocycles. The summed E-state index contributed by atoms with van der Waals surface area (Å²) >= 11 is 1.26. The molecule has 1 fully saturated rings. The van der Waals surface area contributed by atoms with E-state index < -0.39 is 29.8 Å². The number of aromatic nitrogens is 2. The first-order chi connectivity index (χ1) is 21.7. The number of oxazole rings is 1. The molecule has 238 valence electrons. The fraction of sp³-hybridized carbons (Fsp3) is 0.452. The van der Waals surface area contributed by atoms with Crippen LogP contribution in [0.4, 0.5) is 0 Å². The number of thiazole rings is 1. The van der Waals surface area contributed by atoms with Crippen molar-refractivity contribution < 1.29 is 28.4 Å². The Labute approximate surface area is 264 Å². The van der Waals surface area contributed by atoms with Crippen molar-refractivity contribution in [1.82, 2.24) is 35.7 Å². The lowest BCUT2D eigenvalue weighted by Gasteiger charge is -2.26. The van der Waals surface area contributed by atoms with E-state index in [-0.39, 0.29) is 67.6 Å². The van der Waals surface area contributed by atoms with Gasteiger partial charge in [0.25, 0.3) is 11.8 Å². The average Bonchev–Trinajstić information content (AvgIpc) is 3.79. The summed E-state index contributed by atoms with van der Waals surface area (Å²) in [7, 11) is 0. The number of nitrogens with one attached hydrogen (secondary N) is 3. The van der Waals surface area contributed by atoms with Crippen molar-refractivity contribution in [1.29, 1.82) is 0 Å². The molecule has 0 unspecified atom stereocenters. The van der Waals surface area contributed by atoms with Crippen LogP contribution in [0.15, 0.2) is 46.4 Å². The van der Waals surface area contributed by atoms with Crippen LogP contribution >= 0.6 is 11.3 Å². The van der Waals surface area contributed by atoms with E-state index >= 15 is 0 Å². The molecule has 1 saturated heterocycles. The minimum atomic E-state index is -0.693. The molecule has 14 heteroatoms. The fourth-order valence-electron chi connectivity index (χ4n) is 5.29. The Morgan fingerprint density at radius 3 is 2.58 bits per heavy atom. The number of hydrogen-bond donors (Lipinski definition) is 3. The van der Waals surface area contributed by atoms with Crippen LogP contribution < -0.4 is 16.0 Å². The molecule has 2 aliphatic heterocycles. The van der Waals surface area contributed by atoms with E-state index in [1.165, 1.54) is 22.5 Å². The third-order valence-corrected chi connectivity index (χ3v) is 8.69. The van der Waals surface area contributed by atoms with Crippen LogP contribution in [0.1, 0.15) is 82.6 Å². The quantitative estimate of drug-likeness (QED) is 0.371. The van der Waals surface area contributed by atoms with E-state index in [1.807, 2.05) is 44.2 Å². The Morgan fingerprint density at radius 2 is 1.84 bits per heavy atom. The predicted octanol–water partition coefficient (Wildman–Crippen LogP) is 2.24. The fourth-order valence-corrected chi connectivity index (χ4v) is 6.31. The molecule has 0 radical (unpaired) electrons. The van der Waals surface area contributed by atoms with Crippen molar-refractivity contribution in [3.8, 4) is 0 Å². The van der Waals surface area contributed by atoms with Gasteiger partial charge in [0, 0.05) is 50.8 Å². The summed E-state index contributed by atoms with van der Waals surface area (Å²) < 4.78 is 5.68. The average molecular weight is 636 g/mol. The Balaban J connectivity index is 1.40. The zero-order chi connectivity index (χ0) is 31.9. The highest BCUT2D eigenvalue weighted by Crippen LogP contribution is 2.26. The molecule has 5 amide bonds. The normalized spacial score (nSPS) is 20.0. The van der Waals surface area contributed by atoms with Crippen LogP contribution in [-0.2, 0) is 20.8 Å². The summed E-state index contributed by atoms with van der Waals surface area (Å²) in [6.45, 7) is 4.61. The van der Waals surface area contributed by atoms with Crippen LogP contribution in [0, 0.1) is 5.92 Å². The van der Waals surface area contributed by atoms with Crippen molar-refractivity contribution in [2.75, 3.05) is 32.7 Å². The van der Waals surface area contributed by atoms with Crippen LogP contribution in [0.5, 0.6) is 0 Å². The Bertz CT molecular complexity index is 1540. The number of benzene rings is 1. The molecule has 1 aromatic carbocycles. The van der Waals surface area contributed by atoms with Crippen molar-refractivity contribution in [3.05, 3.63) is 69.8 Å². The summed E-state index contributed by atoms with van der Waals surface area (Å²) in [6.07, 6.45) is 2.87. The van der Waals surface area contributed by atoms with Crippen molar-refractivity contribution in [3.63, 3.8) is 0 Å². The zero-order valence-electron chi connectivity index (χ0n) is 25.3. The summed E-state index contributed by atoms with van der Waals surface area (Å²) in [5, 5.41) is 10.8. The Morgan fingerprint density at radius 1 is 1.04 bits per heavy atom. The zero-order valence-corrected chi connectivity index (χ0v) is 26.1. The van der Waals surface area contributed by atoms with Gasteiger partial charge in [-0.25, -0.2) is 9.97 Å². The molecule has 0 aliphatic carbocycles. The van der Waals surface area contributed by atoms with Gasteiger partial charge in [0.05, 0.1) is 12.6 Å². The molecule has 5 rings (SSSR count). The van der Waals surface area contributed by atoms with Gasteiger partial charge in [0.1, 0.15) is 23.0 Å². The lowest BCUT2D eigenvalue weighted by atomic mass is 10.0. The molecule has 0 saturated carbocycles. The molecule has 3 N–H and O–H groups in total. The molecule has 4 heterocycles. The van der Waals surface area contributed by atoms with E-state index in [1.54, 1.807) is 10.3 Å². The van der Waals surface area contributed by atoms with E-state index in [4.69, 9.17) is 4.42 Å². The van der Waals surface area contributed by atoms with Crippen LogP contribution in [0.25, 0.3) is 0 Å². The number of carbonyl (C=O) groups is 5. The summed E-state index contributed by atoms with van der Waals surface area (Å²) in [4.78, 5) is 76.9. The second-order valence-electron chi connectivity index (χ2n) is 11.5. The van der Waals surface area contributed by atoms with Crippen molar-refractivity contribution in [2.45, 2.75) is 51.6 Å². The molecule has 4 bridgehead atoms. The van der Waals surface area contributed by atoms with Gasteiger partial charge in [0.2, 0.25) is 23.6 Å². The van der Waals surface area contributed by atoms with Crippen LogP contribution in [-0.4, -0.2) is 82.0 Å². The van der Waals surface area contributed by atoms with E-state index in [0.29, 0.717) is 24.4 Å². The smallest absolute Gasteiger partial charge is 0.273 e. The van der Waals surface area contributed by atoms with Gasteiger partial charge in [-0.05, 0) is 17.9 Å². The first kappa shape index (κ1) is 31.8. The number of hydrogen-bond acceptors (Lipinski definition) is 9. The number of amides is 5. The van der Waals surface area contributed by atoms with Gasteiger partial charge in [-0.15, -0.1) is 11.3 Å². The lowest BCUT2D eigenvalue weighted by Crippen LogP contribution is -2.46. The highest BCUT2D eigenvalue weighted by molar-refractivity contribution is 7.09. The lowest BCUT2D eigenvalue weighted by molar-refractivity contribution is -0.137. The highest BCUT2D eigenvalue weighted by atomic mass is 32.1. The van der Waals surface area contributed by atoms with E-state index in [0.717, 1.165) is 12.0 Å². The molecule has 45 heavy (non-hydrogen) atoms. The first-order valence-electron chi connectivity index (χ1n) is 15.1. The van der Waals surface area contributed by atoms with Gasteiger partial charge in [-0.1, -0.05) is 44.2 Å². The van der Waals surface area contributed by atoms with Gasteiger partial charge in [0.15, 0.2) is 5.69 Å². The molecular weight excluding hydrogens is 598 g/mol. The molecule has 0 spiro atoms. The third-order valence-electron chi connectivity index (χ3n) is 7.77. The van der Waals surface area contributed by atoms with Gasteiger partial charge in [-0.3, -0.25) is 24.0 Å². The van der Waals surface area contributed by atoms with Crippen molar-refractivity contribution in [2.24, 2.45) is 5.92 Å². The standard InChI is InChI=1S/C31H37N7O6S/c1-19(2)27-31-35-23(18-45-31)29(43)33-21(15-20-7-4-3-5-8-20)30-34-22(17-44-30)28(42)32-11-14-38(16-24(39)36-27)26(41)10-13-37-12-6-9-25(37)40/h3-5,7-8,17-19,21,27H,6,9-16H2,1-2H3,(H,32,42)(H,33,43)(H,36,39)/t21-,27-/m0/s1. The number of rotatable bonds is 6. The van der Waals surface area contributed by atoms with Crippen LogP contribution in [0.2, 0.25) is 0 Å². The minimum Gasteiger partial charge on any atom is -0.446 e. The maximum Gasteiger partial charge on any atom is 0.273 e. The number of carbonyl (C=O) groups excluding carboxylic acids is 5. The molecular formula is C31H37N7O6S. The third kappa shape index (κ3) is 8.12. The second-order valence-corrected chi connectivity index (χ2v) is 12.3. The number of fused-ring (bicyclic) bond motifs is 4. The van der Waals surface area contributed by atoms with Gasteiger partial charge < -0.3 is 30.2 Å². The topological polar surface area (TPSA) is 167 Å². The summed E-state index contributed by atoms with van der Waals surface area (Å²) in [5.41, 5.74) is 1.11. The van der Waals surface area contributed by atoms with Gasteiger partial charge in [-0.2, -0.15) is 0 Å². The maximum absolute atomic E-state index is 13.4. The highest BCUT2D eigenvalue weighted by Gasteiger charge is 2.29. The Kier molecular flexibility index (Phi) is 10.2. The molecule has 2 atom stereocenters. The van der Waals surface area contributed by atoms with Crippen LogP contribution in [0.3, 0.4) is 0 Å². The van der Waals surface area contributed by atoms with Crippen molar-refractivity contribution >= 4 is 40.9 Å². The second kappa shape index (κ2) is 14.5. The summed E-state index contributed by atoms with van der Waals surface area (Å²) in [5.74, 6) is -1.59. The first-order valence-corrected chi connectivity index (χ1v) is 15.9. The maximum atomic E-state index is 13.4. The largest absolute Gasteiger partial charge is 0.446 e. The predicted molar refractivity (Wildman–Crippen MR) is 164 cm³/mol.